The topological polar surface area (TPSA) is 52.6 Å². The second-order valence-corrected chi connectivity index (χ2v) is 8.60. The summed E-state index contributed by atoms with van der Waals surface area (Å²) in [5.41, 5.74) is 1.36. The summed E-state index contributed by atoms with van der Waals surface area (Å²) in [7, 11) is 1.46. The van der Waals surface area contributed by atoms with Gasteiger partial charge in [0.2, 0.25) is 0 Å². The molecule has 0 spiro atoms. The summed E-state index contributed by atoms with van der Waals surface area (Å²) in [5, 5.41) is 0. The van der Waals surface area contributed by atoms with Gasteiger partial charge in [-0.3, -0.25) is 9.59 Å². The molecule has 5 atom stereocenters. The van der Waals surface area contributed by atoms with Crippen molar-refractivity contribution in [2.75, 3.05) is 7.11 Å². The summed E-state index contributed by atoms with van der Waals surface area (Å²) in [6.07, 6.45) is 7.66. The highest BCUT2D eigenvalue weighted by atomic mass is 16.5. The van der Waals surface area contributed by atoms with E-state index in [0.717, 1.165) is 24.8 Å². The average molecular weight is 375 g/mol. The molecule has 2 aliphatic rings. The molecule has 5 unspecified atom stereocenters. The first kappa shape index (κ1) is 21.5. The van der Waals surface area contributed by atoms with Gasteiger partial charge in [0.05, 0.1) is 12.5 Å². The van der Waals surface area contributed by atoms with Crippen LogP contribution in [0, 0.1) is 22.7 Å². The van der Waals surface area contributed by atoms with Crippen LogP contribution < -0.4 is 0 Å². The maximum Gasteiger partial charge on any atom is 0.311 e. The molecule has 0 N–H and O–H groups in total. The van der Waals surface area contributed by atoms with E-state index in [1.165, 1.54) is 19.6 Å². The third kappa shape index (κ3) is 3.76. The number of carbonyl (C=O) groups excluding carboxylic acids is 2. The fourth-order valence-corrected chi connectivity index (χ4v) is 5.54. The molecule has 4 nitrogen and oxygen atoms in total. The van der Waals surface area contributed by atoms with Crippen molar-refractivity contribution in [3.05, 3.63) is 36.5 Å². The fourth-order valence-electron chi connectivity index (χ4n) is 5.54. The molecule has 2 fully saturated rings. The summed E-state index contributed by atoms with van der Waals surface area (Å²) in [4.78, 5) is 24.6. The zero-order valence-electron chi connectivity index (χ0n) is 17.5. The summed E-state index contributed by atoms with van der Waals surface area (Å²) < 4.78 is 11.0. The zero-order chi connectivity index (χ0) is 20.4. The van der Waals surface area contributed by atoms with Crippen molar-refractivity contribution in [3.63, 3.8) is 0 Å². The van der Waals surface area contributed by atoms with E-state index in [2.05, 4.69) is 26.2 Å². The normalized spacial score (nSPS) is 36.6. The molecule has 4 heteroatoms. The van der Waals surface area contributed by atoms with Crippen LogP contribution in [-0.2, 0) is 19.1 Å². The van der Waals surface area contributed by atoms with E-state index in [-0.39, 0.29) is 35.3 Å². The van der Waals surface area contributed by atoms with Crippen molar-refractivity contribution in [2.45, 2.75) is 65.9 Å². The Kier molecular flexibility index (Phi) is 6.39. The van der Waals surface area contributed by atoms with Gasteiger partial charge < -0.3 is 9.47 Å². The summed E-state index contributed by atoms with van der Waals surface area (Å²) >= 11 is 0. The van der Waals surface area contributed by atoms with Crippen molar-refractivity contribution < 1.29 is 19.1 Å². The SMILES string of the molecule is C=CC(C)=CCC1C(=C)CCC2C(C)(C(=O)OC)CCC(OC(C)=O)C12C. The molecule has 0 heterocycles. The predicted octanol–water partition coefficient (Wildman–Crippen LogP) is 5.00. The minimum absolute atomic E-state index is 0.0727. The van der Waals surface area contributed by atoms with E-state index in [0.29, 0.717) is 12.8 Å². The Morgan fingerprint density at radius 3 is 2.48 bits per heavy atom. The van der Waals surface area contributed by atoms with Crippen LogP contribution in [0.1, 0.15) is 59.8 Å². The van der Waals surface area contributed by atoms with E-state index in [1.54, 1.807) is 0 Å². The second kappa shape index (κ2) is 8.04. The standard InChI is InChI=1S/C23H34O4/c1-8-15(2)9-11-18-16(3)10-12-19-22(5,21(25)26-7)14-13-20(23(18,19)6)27-17(4)24/h8-9,18-20H,1,3,10-14H2,2,4-7H3. The van der Waals surface area contributed by atoms with Crippen LogP contribution in [0.25, 0.3) is 0 Å². The van der Waals surface area contributed by atoms with Crippen molar-refractivity contribution in [3.8, 4) is 0 Å². The molecule has 0 aromatic carbocycles. The summed E-state index contributed by atoms with van der Waals surface area (Å²) in [6.45, 7) is 15.9. The molecular weight excluding hydrogens is 340 g/mol. The number of rotatable bonds is 5. The van der Waals surface area contributed by atoms with Crippen molar-refractivity contribution in [2.24, 2.45) is 22.7 Å². The molecule has 2 saturated carbocycles. The van der Waals surface area contributed by atoms with Gasteiger partial charge in [-0.15, -0.1) is 0 Å². The van der Waals surface area contributed by atoms with Crippen LogP contribution in [0.2, 0.25) is 0 Å². The predicted molar refractivity (Wildman–Crippen MR) is 107 cm³/mol. The van der Waals surface area contributed by atoms with E-state index >= 15 is 0 Å². The van der Waals surface area contributed by atoms with Crippen molar-refractivity contribution in [1.82, 2.24) is 0 Å². The van der Waals surface area contributed by atoms with Crippen LogP contribution in [-0.4, -0.2) is 25.2 Å². The number of hydrogen-bond donors (Lipinski definition) is 0. The maximum atomic E-state index is 12.7. The molecule has 2 aliphatic carbocycles. The van der Waals surface area contributed by atoms with Crippen LogP contribution in [0.4, 0.5) is 0 Å². The van der Waals surface area contributed by atoms with Gasteiger partial charge in [0.15, 0.2) is 0 Å². The highest BCUT2D eigenvalue weighted by Crippen LogP contribution is 2.62. The van der Waals surface area contributed by atoms with Crippen molar-refractivity contribution >= 4 is 11.9 Å². The Morgan fingerprint density at radius 2 is 1.93 bits per heavy atom. The molecule has 0 aromatic rings. The Bertz CT molecular complexity index is 661. The van der Waals surface area contributed by atoms with Gasteiger partial charge in [-0.05, 0) is 57.8 Å². The molecule has 0 bridgehead atoms. The number of allylic oxidation sites excluding steroid dienone is 4. The van der Waals surface area contributed by atoms with Gasteiger partial charge in [-0.1, -0.05) is 43.4 Å². The van der Waals surface area contributed by atoms with E-state index in [1.807, 2.05) is 19.9 Å². The number of fused-ring (bicyclic) bond motifs is 1. The highest BCUT2D eigenvalue weighted by molar-refractivity contribution is 5.77. The van der Waals surface area contributed by atoms with Crippen LogP contribution in [0.15, 0.2) is 36.5 Å². The summed E-state index contributed by atoms with van der Waals surface area (Å²) in [6, 6.07) is 0. The van der Waals surface area contributed by atoms with Crippen molar-refractivity contribution in [1.29, 1.82) is 0 Å². The van der Waals surface area contributed by atoms with Crippen LogP contribution in [0.5, 0.6) is 0 Å². The maximum absolute atomic E-state index is 12.7. The molecule has 2 rings (SSSR count). The van der Waals surface area contributed by atoms with Crippen LogP contribution >= 0.6 is 0 Å². The van der Waals surface area contributed by atoms with E-state index in [4.69, 9.17) is 9.47 Å². The summed E-state index contributed by atoms with van der Waals surface area (Å²) in [5.74, 6) is -0.221. The molecule has 0 saturated heterocycles. The quantitative estimate of drug-likeness (QED) is 0.386. The van der Waals surface area contributed by atoms with Gasteiger partial charge >= 0.3 is 11.9 Å². The Morgan fingerprint density at radius 1 is 1.26 bits per heavy atom. The number of carbonyl (C=O) groups is 2. The van der Waals surface area contributed by atoms with Gasteiger partial charge in [-0.25, -0.2) is 0 Å². The number of esters is 2. The molecule has 150 valence electrons. The van der Waals surface area contributed by atoms with Gasteiger partial charge in [0.25, 0.3) is 0 Å². The zero-order valence-corrected chi connectivity index (χ0v) is 17.5. The Hall–Kier alpha value is -1.84. The molecule has 0 aliphatic heterocycles. The van der Waals surface area contributed by atoms with E-state index < -0.39 is 5.41 Å². The van der Waals surface area contributed by atoms with Gasteiger partial charge in [-0.2, -0.15) is 0 Å². The highest BCUT2D eigenvalue weighted by Gasteiger charge is 2.62. The molecule has 0 amide bonds. The third-order valence-electron chi connectivity index (χ3n) is 7.09. The van der Waals surface area contributed by atoms with E-state index in [9.17, 15) is 9.59 Å². The van der Waals surface area contributed by atoms with Crippen LogP contribution in [0.3, 0.4) is 0 Å². The minimum Gasteiger partial charge on any atom is -0.469 e. The number of ether oxygens (including phenoxy) is 2. The average Bonchev–Trinajstić information content (AvgIpc) is 2.62. The van der Waals surface area contributed by atoms with Gasteiger partial charge in [0, 0.05) is 12.3 Å². The number of methoxy groups -OCH3 is 1. The first-order valence-corrected chi connectivity index (χ1v) is 9.83. The Labute approximate surface area is 163 Å². The third-order valence-corrected chi connectivity index (χ3v) is 7.09. The molecular formula is C23H34O4. The lowest BCUT2D eigenvalue weighted by Gasteiger charge is -2.59. The first-order chi connectivity index (χ1) is 12.6. The second-order valence-electron chi connectivity index (χ2n) is 8.60. The molecule has 0 aromatic heterocycles. The lowest BCUT2D eigenvalue weighted by atomic mass is 9.45. The first-order valence-electron chi connectivity index (χ1n) is 9.83. The molecule has 0 radical (unpaired) electrons. The minimum atomic E-state index is -0.573. The lowest BCUT2D eigenvalue weighted by molar-refractivity contribution is -0.194. The largest absolute Gasteiger partial charge is 0.469 e. The van der Waals surface area contributed by atoms with Gasteiger partial charge in [0.1, 0.15) is 6.10 Å². The molecule has 27 heavy (non-hydrogen) atoms. The number of hydrogen-bond acceptors (Lipinski definition) is 4. The lowest BCUT2D eigenvalue weighted by Crippen LogP contribution is -2.60. The Balaban J connectivity index is 2.53. The fraction of sp³-hybridized carbons (Fsp3) is 0.652. The monoisotopic (exact) mass is 374 g/mol. The smallest absolute Gasteiger partial charge is 0.311 e.